The molecule has 0 aliphatic carbocycles. The summed E-state index contributed by atoms with van der Waals surface area (Å²) in [4.78, 5) is 7.00. The zero-order valence-corrected chi connectivity index (χ0v) is 11.6. The van der Waals surface area contributed by atoms with Crippen molar-refractivity contribution < 1.29 is 32.9 Å². The molecule has 124 valence electrons. The summed E-state index contributed by atoms with van der Waals surface area (Å²) < 4.78 is 47.9. The Bertz CT molecular complexity index is 503. The lowest BCUT2D eigenvalue weighted by atomic mass is 9.98. The molecule has 0 bridgehead atoms. The van der Waals surface area contributed by atoms with Gasteiger partial charge in [0.05, 0.1) is 19.3 Å². The maximum absolute atomic E-state index is 12.6. The second kappa shape index (κ2) is 6.73. The second-order valence-corrected chi connectivity index (χ2v) is 4.82. The molecule has 0 spiro atoms. The lowest BCUT2D eigenvalue weighted by Crippen LogP contribution is -2.57. The Morgan fingerprint density at radius 2 is 2.14 bits per heavy atom. The molecule has 0 aromatic carbocycles. The molecule has 10 heteroatoms. The Balaban J connectivity index is 2.05. The van der Waals surface area contributed by atoms with E-state index in [9.17, 15) is 23.4 Å². The van der Waals surface area contributed by atoms with Crippen LogP contribution in [0.25, 0.3) is 0 Å². The van der Waals surface area contributed by atoms with Crippen LogP contribution < -0.4 is 5.32 Å². The molecule has 1 aliphatic heterocycles. The summed E-state index contributed by atoms with van der Waals surface area (Å²) in [5, 5.41) is 22.4. The van der Waals surface area contributed by atoms with Crippen molar-refractivity contribution in [1.29, 1.82) is 0 Å². The summed E-state index contributed by atoms with van der Waals surface area (Å²) in [6.45, 7) is 0.0524. The van der Waals surface area contributed by atoms with Crippen molar-refractivity contribution in [3.8, 4) is 0 Å². The molecular formula is C12H16F3N3O4. The number of methoxy groups -OCH3 is 1. The van der Waals surface area contributed by atoms with E-state index >= 15 is 0 Å². The van der Waals surface area contributed by atoms with E-state index in [-0.39, 0.29) is 19.2 Å². The van der Waals surface area contributed by atoms with Gasteiger partial charge in [0.15, 0.2) is 0 Å². The van der Waals surface area contributed by atoms with Gasteiger partial charge in [-0.1, -0.05) is 0 Å². The number of rotatable bonds is 4. The fraction of sp³-hybridized carbons (Fsp3) is 0.667. The molecule has 0 radical (unpaired) electrons. The van der Waals surface area contributed by atoms with Gasteiger partial charge in [0.1, 0.15) is 24.0 Å². The van der Waals surface area contributed by atoms with E-state index in [0.29, 0.717) is 0 Å². The Labute approximate surface area is 124 Å². The van der Waals surface area contributed by atoms with E-state index in [4.69, 9.17) is 9.47 Å². The van der Waals surface area contributed by atoms with Crippen molar-refractivity contribution in [3.63, 3.8) is 0 Å². The number of aromatic nitrogens is 2. The first-order chi connectivity index (χ1) is 10.3. The minimum Gasteiger partial charge on any atom is -0.388 e. The highest BCUT2D eigenvalue weighted by Gasteiger charge is 2.39. The average molecular weight is 323 g/mol. The van der Waals surface area contributed by atoms with Crippen LogP contribution in [0.4, 0.5) is 19.1 Å². The molecule has 1 aromatic heterocycles. The first kappa shape index (κ1) is 16.9. The normalized spacial score (nSPS) is 29.4. The first-order valence-electron chi connectivity index (χ1n) is 6.46. The minimum atomic E-state index is -4.59. The molecule has 2 rings (SSSR count). The molecule has 2 heterocycles. The van der Waals surface area contributed by atoms with Crippen LogP contribution in [0, 0.1) is 0 Å². The highest BCUT2D eigenvalue weighted by molar-refractivity contribution is 5.29. The number of hydrogen-bond acceptors (Lipinski definition) is 7. The number of nitrogens with zero attached hydrogens (tertiary/aromatic N) is 2. The number of halogens is 3. The van der Waals surface area contributed by atoms with Crippen LogP contribution in [0.1, 0.15) is 5.69 Å². The van der Waals surface area contributed by atoms with Crippen molar-refractivity contribution in [2.75, 3.05) is 25.6 Å². The van der Waals surface area contributed by atoms with Crippen LogP contribution in [0.5, 0.6) is 0 Å². The quantitative estimate of drug-likeness (QED) is 0.720. The molecule has 1 aliphatic rings. The summed E-state index contributed by atoms with van der Waals surface area (Å²) in [6, 6.07) is -0.103. The topological polar surface area (TPSA) is 96.7 Å². The van der Waals surface area contributed by atoms with E-state index < -0.39 is 36.2 Å². The summed E-state index contributed by atoms with van der Waals surface area (Å²) in [5.41, 5.74) is -1.10. The van der Waals surface area contributed by atoms with Crippen LogP contribution in [0.2, 0.25) is 0 Å². The minimum absolute atomic E-state index is 0.0359. The molecule has 0 unspecified atom stereocenters. The zero-order chi connectivity index (χ0) is 16.3. The predicted octanol–water partition coefficient (Wildman–Crippen LogP) is 0.0429. The van der Waals surface area contributed by atoms with Gasteiger partial charge >= 0.3 is 6.18 Å². The highest BCUT2D eigenvalue weighted by atomic mass is 19.4. The number of anilines is 1. The van der Waals surface area contributed by atoms with E-state index in [1.54, 1.807) is 0 Å². The highest BCUT2D eigenvalue weighted by Crippen LogP contribution is 2.28. The van der Waals surface area contributed by atoms with Gasteiger partial charge in [-0.25, -0.2) is 9.97 Å². The molecule has 1 saturated heterocycles. The average Bonchev–Trinajstić information content (AvgIpc) is 2.46. The standard InChI is InChI=1S/C12H16F3N3O4/c1-21-5-7-10(20)9(19)6(4-22-7)17-11-16-3-2-8(18-11)12(13,14)15/h2-3,6-7,9-10,19-20H,4-5H2,1H3,(H,16,17,18)/t6-,7+,9+,10-/m0/s1. The monoisotopic (exact) mass is 323 g/mol. The Morgan fingerprint density at radius 1 is 1.41 bits per heavy atom. The largest absolute Gasteiger partial charge is 0.433 e. The third kappa shape index (κ3) is 3.83. The lowest BCUT2D eigenvalue weighted by molar-refractivity contribution is -0.156. The van der Waals surface area contributed by atoms with Crippen LogP contribution in [0.3, 0.4) is 0 Å². The lowest BCUT2D eigenvalue weighted by Gasteiger charge is -2.37. The summed E-state index contributed by atoms with van der Waals surface area (Å²) in [6.07, 6.45) is -6.84. The van der Waals surface area contributed by atoms with E-state index in [1.807, 2.05) is 0 Å². The zero-order valence-electron chi connectivity index (χ0n) is 11.6. The van der Waals surface area contributed by atoms with Gasteiger partial charge in [-0.3, -0.25) is 0 Å². The third-order valence-corrected chi connectivity index (χ3v) is 3.22. The van der Waals surface area contributed by atoms with Crippen molar-refractivity contribution >= 4 is 5.95 Å². The number of ether oxygens (including phenoxy) is 2. The van der Waals surface area contributed by atoms with Gasteiger partial charge in [-0.2, -0.15) is 13.2 Å². The van der Waals surface area contributed by atoms with Gasteiger partial charge in [-0.05, 0) is 6.07 Å². The molecule has 1 fully saturated rings. The van der Waals surface area contributed by atoms with E-state index in [1.165, 1.54) is 7.11 Å². The van der Waals surface area contributed by atoms with Crippen molar-refractivity contribution in [3.05, 3.63) is 18.0 Å². The van der Waals surface area contributed by atoms with Gasteiger partial charge in [0.2, 0.25) is 5.95 Å². The maximum atomic E-state index is 12.6. The molecule has 22 heavy (non-hydrogen) atoms. The van der Waals surface area contributed by atoms with Gasteiger partial charge in [0.25, 0.3) is 0 Å². The molecular weight excluding hydrogens is 307 g/mol. The van der Waals surface area contributed by atoms with E-state index in [2.05, 4.69) is 15.3 Å². The SMILES string of the molecule is COC[C@H]1OC[C@H](Nc2nccc(C(F)(F)F)n2)[C@@H](O)[C@H]1O. The summed E-state index contributed by atoms with van der Waals surface area (Å²) in [7, 11) is 1.42. The van der Waals surface area contributed by atoms with Crippen molar-refractivity contribution in [2.24, 2.45) is 0 Å². The Hall–Kier alpha value is -1.49. The van der Waals surface area contributed by atoms with Gasteiger partial charge < -0.3 is 25.0 Å². The Morgan fingerprint density at radius 3 is 2.77 bits per heavy atom. The smallest absolute Gasteiger partial charge is 0.388 e. The maximum Gasteiger partial charge on any atom is 0.433 e. The van der Waals surface area contributed by atoms with Gasteiger partial charge in [-0.15, -0.1) is 0 Å². The Kier molecular flexibility index (Phi) is 5.16. The predicted molar refractivity (Wildman–Crippen MR) is 68.1 cm³/mol. The number of hydrogen-bond donors (Lipinski definition) is 3. The second-order valence-electron chi connectivity index (χ2n) is 4.82. The first-order valence-corrected chi connectivity index (χ1v) is 6.46. The van der Waals surface area contributed by atoms with Crippen LogP contribution in [-0.4, -0.2) is 64.9 Å². The van der Waals surface area contributed by atoms with Crippen molar-refractivity contribution in [2.45, 2.75) is 30.5 Å². The third-order valence-electron chi connectivity index (χ3n) is 3.22. The molecule has 3 N–H and O–H groups in total. The molecule has 1 aromatic rings. The fourth-order valence-corrected chi connectivity index (χ4v) is 2.07. The molecule has 0 amide bonds. The van der Waals surface area contributed by atoms with Crippen LogP contribution in [0.15, 0.2) is 12.3 Å². The number of aliphatic hydroxyl groups excluding tert-OH is 2. The van der Waals surface area contributed by atoms with E-state index in [0.717, 1.165) is 12.3 Å². The van der Waals surface area contributed by atoms with Gasteiger partial charge in [0, 0.05) is 13.3 Å². The van der Waals surface area contributed by atoms with Crippen LogP contribution >= 0.6 is 0 Å². The molecule has 4 atom stereocenters. The number of alkyl halides is 3. The van der Waals surface area contributed by atoms with Crippen LogP contribution in [-0.2, 0) is 15.7 Å². The van der Waals surface area contributed by atoms with Crippen molar-refractivity contribution in [1.82, 2.24) is 9.97 Å². The molecule has 7 nitrogen and oxygen atoms in total. The number of aliphatic hydroxyl groups is 2. The number of nitrogens with one attached hydrogen (secondary N) is 1. The molecule has 0 saturated carbocycles. The fourth-order valence-electron chi connectivity index (χ4n) is 2.07. The summed E-state index contributed by atoms with van der Waals surface area (Å²) >= 11 is 0. The summed E-state index contributed by atoms with van der Waals surface area (Å²) in [5.74, 6) is -0.306.